The van der Waals surface area contributed by atoms with Crippen molar-refractivity contribution < 1.29 is 4.79 Å². The minimum Gasteiger partial charge on any atom is -0.355 e. The maximum atomic E-state index is 11.2. The molecule has 0 fully saturated rings. The number of amides is 1. The van der Waals surface area contributed by atoms with Crippen molar-refractivity contribution in [3.05, 3.63) is 0 Å². The van der Waals surface area contributed by atoms with Gasteiger partial charge in [0.15, 0.2) is 0 Å². The summed E-state index contributed by atoms with van der Waals surface area (Å²) >= 11 is 1.74. The van der Waals surface area contributed by atoms with Crippen molar-refractivity contribution in [2.45, 2.75) is 26.3 Å². The fourth-order valence-electron chi connectivity index (χ4n) is 1.06. The largest absolute Gasteiger partial charge is 0.355 e. The maximum Gasteiger partial charge on any atom is 0.221 e. The molecule has 0 saturated carbocycles. The van der Waals surface area contributed by atoms with Crippen molar-refractivity contribution in [3.8, 4) is 0 Å². The Hall–Kier alpha value is -0.220. The van der Waals surface area contributed by atoms with Gasteiger partial charge in [-0.25, -0.2) is 0 Å². The van der Waals surface area contributed by atoms with E-state index in [2.05, 4.69) is 10.6 Å². The minimum absolute atomic E-state index is 0.141. The fraction of sp³-hybridized carbons (Fsp3) is 0.889. The Labute approximate surface area is 85.0 Å². The predicted molar refractivity (Wildman–Crippen MR) is 59.1 cm³/mol. The summed E-state index contributed by atoms with van der Waals surface area (Å²) in [5, 5.41) is 6.07. The first-order chi connectivity index (χ1) is 6.20. The lowest BCUT2D eigenvalue weighted by molar-refractivity contribution is -0.121. The average Bonchev–Trinajstić information content (AvgIpc) is 2.05. The predicted octanol–water partition coefficient (Wildman–Crippen LogP) is 0.854. The Morgan fingerprint density at radius 1 is 1.54 bits per heavy atom. The van der Waals surface area contributed by atoms with Gasteiger partial charge in [0.25, 0.3) is 0 Å². The number of hydrogen-bond acceptors (Lipinski definition) is 3. The third-order valence-electron chi connectivity index (χ3n) is 1.67. The normalized spacial score (nSPS) is 12.5. The van der Waals surface area contributed by atoms with E-state index in [-0.39, 0.29) is 11.9 Å². The average molecular weight is 204 g/mol. The van der Waals surface area contributed by atoms with Gasteiger partial charge in [0.1, 0.15) is 0 Å². The number of nitrogens with one attached hydrogen (secondary N) is 2. The molecular formula is C9H20N2OS. The van der Waals surface area contributed by atoms with Crippen molar-refractivity contribution >= 4 is 17.7 Å². The van der Waals surface area contributed by atoms with Crippen molar-refractivity contribution in [1.29, 1.82) is 0 Å². The van der Waals surface area contributed by atoms with Crippen molar-refractivity contribution in [2.75, 3.05) is 25.1 Å². The molecule has 0 saturated heterocycles. The van der Waals surface area contributed by atoms with Gasteiger partial charge >= 0.3 is 0 Å². The van der Waals surface area contributed by atoms with E-state index in [1.807, 2.05) is 20.1 Å². The molecule has 1 unspecified atom stereocenters. The topological polar surface area (TPSA) is 41.1 Å². The van der Waals surface area contributed by atoms with Crippen molar-refractivity contribution in [3.63, 3.8) is 0 Å². The first kappa shape index (κ1) is 12.8. The lowest BCUT2D eigenvalue weighted by Crippen LogP contribution is -2.34. The Bertz CT molecular complexity index is 142. The molecule has 0 bridgehead atoms. The fourth-order valence-corrected chi connectivity index (χ4v) is 1.37. The molecule has 3 nitrogen and oxygen atoms in total. The summed E-state index contributed by atoms with van der Waals surface area (Å²) in [4.78, 5) is 11.2. The van der Waals surface area contributed by atoms with Crippen LogP contribution < -0.4 is 10.6 Å². The van der Waals surface area contributed by atoms with Gasteiger partial charge in [-0.05, 0) is 19.7 Å². The SMILES string of the molecule is CCNC(C)CC(=O)NCCSC. The van der Waals surface area contributed by atoms with E-state index in [9.17, 15) is 4.79 Å². The van der Waals surface area contributed by atoms with E-state index in [4.69, 9.17) is 0 Å². The molecule has 78 valence electrons. The summed E-state index contributed by atoms with van der Waals surface area (Å²) in [5.41, 5.74) is 0. The summed E-state index contributed by atoms with van der Waals surface area (Å²) in [6.45, 7) is 5.76. The molecule has 1 amide bonds. The summed E-state index contributed by atoms with van der Waals surface area (Å²) in [7, 11) is 0. The molecule has 2 N–H and O–H groups in total. The zero-order chi connectivity index (χ0) is 10.1. The molecule has 0 spiro atoms. The number of thioether (sulfide) groups is 1. The standard InChI is InChI=1S/C9H20N2OS/c1-4-10-8(2)7-9(12)11-5-6-13-3/h8,10H,4-7H2,1-3H3,(H,11,12). The van der Waals surface area contributed by atoms with Crippen LogP contribution in [0.3, 0.4) is 0 Å². The third kappa shape index (κ3) is 8.12. The summed E-state index contributed by atoms with van der Waals surface area (Å²) < 4.78 is 0. The summed E-state index contributed by atoms with van der Waals surface area (Å²) in [6.07, 6.45) is 2.61. The zero-order valence-corrected chi connectivity index (χ0v) is 9.54. The highest BCUT2D eigenvalue weighted by atomic mass is 32.2. The molecule has 13 heavy (non-hydrogen) atoms. The second kappa shape index (κ2) is 8.38. The van der Waals surface area contributed by atoms with E-state index in [0.29, 0.717) is 6.42 Å². The third-order valence-corrected chi connectivity index (χ3v) is 2.28. The van der Waals surface area contributed by atoms with E-state index in [0.717, 1.165) is 18.8 Å². The van der Waals surface area contributed by atoms with E-state index in [1.165, 1.54) is 0 Å². The Kier molecular flexibility index (Phi) is 8.24. The van der Waals surface area contributed by atoms with E-state index >= 15 is 0 Å². The van der Waals surface area contributed by atoms with Gasteiger partial charge in [0.05, 0.1) is 0 Å². The van der Waals surface area contributed by atoms with Crippen molar-refractivity contribution in [2.24, 2.45) is 0 Å². The van der Waals surface area contributed by atoms with Crippen LogP contribution in [-0.4, -0.2) is 37.0 Å². The van der Waals surface area contributed by atoms with Crippen LogP contribution in [0.2, 0.25) is 0 Å². The first-order valence-corrected chi connectivity index (χ1v) is 6.09. The number of hydrogen-bond donors (Lipinski definition) is 2. The molecule has 0 aromatic carbocycles. The molecule has 1 atom stereocenters. The molecule has 0 aliphatic carbocycles. The van der Waals surface area contributed by atoms with E-state index < -0.39 is 0 Å². The Morgan fingerprint density at radius 2 is 2.23 bits per heavy atom. The molecule has 0 aromatic heterocycles. The molecule has 0 aromatic rings. The van der Waals surface area contributed by atoms with Crippen LogP contribution in [0, 0.1) is 0 Å². The Balaban J connectivity index is 3.38. The van der Waals surface area contributed by atoms with Gasteiger partial charge < -0.3 is 10.6 Å². The van der Waals surface area contributed by atoms with Crippen LogP contribution in [0.25, 0.3) is 0 Å². The lowest BCUT2D eigenvalue weighted by Gasteiger charge is -2.11. The highest BCUT2D eigenvalue weighted by molar-refractivity contribution is 7.98. The Morgan fingerprint density at radius 3 is 2.77 bits per heavy atom. The number of rotatable bonds is 7. The second-order valence-electron chi connectivity index (χ2n) is 3.01. The smallest absolute Gasteiger partial charge is 0.221 e. The highest BCUT2D eigenvalue weighted by Gasteiger charge is 2.06. The van der Waals surface area contributed by atoms with Crippen LogP contribution in [-0.2, 0) is 4.79 Å². The lowest BCUT2D eigenvalue weighted by atomic mass is 10.2. The van der Waals surface area contributed by atoms with Crippen LogP contribution in [0.1, 0.15) is 20.3 Å². The monoisotopic (exact) mass is 204 g/mol. The van der Waals surface area contributed by atoms with Crippen LogP contribution in [0.15, 0.2) is 0 Å². The van der Waals surface area contributed by atoms with Crippen LogP contribution >= 0.6 is 11.8 Å². The number of carbonyl (C=O) groups is 1. The van der Waals surface area contributed by atoms with Crippen LogP contribution in [0.5, 0.6) is 0 Å². The summed E-state index contributed by atoms with van der Waals surface area (Å²) in [5.74, 6) is 1.13. The van der Waals surface area contributed by atoms with Crippen LogP contribution in [0.4, 0.5) is 0 Å². The maximum absolute atomic E-state index is 11.2. The molecule has 0 heterocycles. The van der Waals surface area contributed by atoms with Gasteiger partial charge in [-0.3, -0.25) is 4.79 Å². The van der Waals surface area contributed by atoms with Crippen molar-refractivity contribution in [1.82, 2.24) is 10.6 Å². The van der Waals surface area contributed by atoms with E-state index in [1.54, 1.807) is 11.8 Å². The van der Waals surface area contributed by atoms with Gasteiger partial charge in [-0.1, -0.05) is 6.92 Å². The molecule has 0 aliphatic rings. The minimum atomic E-state index is 0.141. The first-order valence-electron chi connectivity index (χ1n) is 4.69. The zero-order valence-electron chi connectivity index (χ0n) is 8.72. The molecule has 4 heteroatoms. The summed E-state index contributed by atoms with van der Waals surface area (Å²) in [6, 6.07) is 0.277. The van der Waals surface area contributed by atoms with Gasteiger partial charge in [-0.2, -0.15) is 11.8 Å². The van der Waals surface area contributed by atoms with Gasteiger partial charge in [-0.15, -0.1) is 0 Å². The molecule has 0 aliphatic heterocycles. The number of carbonyl (C=O) groups excluding carboxylic acids is 1. The molecular weight excluding hydrogens is 184 g/mol. The molecule has 0 radical (unpaired) electrons. The second-order valence-corrected chi connectivity index (χ2v) is 3.99. The van der Waals surface area contributed by atoms with Gasteiger partial charge in [0, 0.05) is 24.8 Å². The van der Waals surface area contributed by atoms with Gasteiger partial charge in [0.2, 0.25) is 5.91 Å². The quantitative estimate of drug-likeness (QED) is 0.604. The molecule has 0 rings (SSSR count). The highest BCUT2D eigenvalue weighted by Crippen LogP contribution is 1.91.